The van der Waals surface area contributed by atoms with Crippen LogP contribution in [0.5, 0.6) is 0 Å². The molecule has 0 saturated heterocycles. The van der Waals surface area contributed by atoms with Gasteiger partial charge in [-0.2, -0.15) is 0 Å². The van der Waals surface area contributed by atoms with Gasteiger partial charge in [-0.25, -0.2) is 14.4 Å². The molecule has 104 valence electrons. The molecule has 0 unspecified atom stereocenters. The van der Waals surface area contributed by atoms with Crippen LogP contribution in [0.15, 0.2) is 58.9 Å². The lowest BCUT2D eigenvalue weighted by atomic mass is 10.2. The summed E-state index contributed by atoms with van der Waals surface area (Å²) in [5.41, 5.74) is 2.63. The molecule has 0 N–H and O–H groups in total. The van der Waals surface area contributed by atoms with Crippen LogP contribution in [0.2, 0.25) is 5.02 Å². The molecule has 0 amide bonds. The van der Waals surface area contributed by atoms with E-state index < -0.39 is 0 Å². The number of nitrogens with zero attached hydrogens (tertiary/aromatic N) is 2. The second-order valence-corrected chi connectivity index (χ2v) is 5.60. The standard InChI is InChI=1S/C16H10ClFN2S/c17-13-5-1-11(2-6-13)9-19-16-20-15(10-21-16)12-3-7-14(18)8-4-12/h1-10H/b19-9+. The van der Waals surface area contributed by atoms with Crippen molar-refractivity contribution in [1.29, 1.82) is 0 Å². The largest absolute Gasteiger partial charge is 0.227 e. The highest BCUT2D eigenvalue weighted by Crippen LogP contribution is 2.26. The minimum atomic E-state index is -0.255. The Balaban J connectivity index is 1.78. The van der Waals surface area contributed by atoms with Crippen molar-refractivity contribution in [2.24, 2.45) is 4.99 Å². The Morgan fingerprint density at radius 2 is 1.76 bits per heavy atom. The molecule has 0 atom stereocenters. The third-order valence-electron chi connectivity index (χ3n) is 2.83. The molecular weight excluding hydrogens is 307 g/mol. The number of benzene rings is 2. The minimum absolute atomic E-state index is 0.255. The summed E-state index contributed by atoms with van der Waals surface area (Å²) in [6.45, 7) is 0. The van der Waals surface area contributed by atoms with Crippen LogP contribution >= 0.6 is 22.9 Å². The molecule has 3 aromatic rings. The number of halogens is 2. The van der Waals surface area contributed by atoms with E-state index in [0.29, 0.717) is 10.2 Å². The van der Waals surface area contributed by atoms with E-state index in [-0.39, 0.29) is 5.82 Å². The zero-order valence-corrected chi connectivity index (χ0v) is 12.4. The third kappa shape index (κ3) is 3.54. The minimum Gasteiger partial charge on any atom is -0.227 e. The summed E-state index contributed by atoms with van der Waals surface area (Å²) in [7, 11) is 0. The Labute approximate surface area is 130 Å². The number of thiazole rings is 1. The Morgan fingerprint density at radius 3 is 2.48 bits per heavy atom. The van der Waals surface area contributed by atoms with Gasteiger partial charge in [-0.3, -0.25) is 0 Å². The molecule has 0 saturated carbocycles. The fourth-order valence-corrected chi connectivity index (χ4v) is 2.55. The van der Waals surface area contributed by atoms with Crippen LogP contribution in [-0.2, 0) is 0 Å². The number of aliphatic imine (C=N–C) groups is 1. The number of hydrogen-bond acceptors (Lipinski definition) is 3. The maximum Gasteiger partial charge on any atom is 0.209 e. The second kappa shape index (κ2) is 6.16. The van der Waals surface area contributed by atoms with Crippen LogP contribution in [0.3, 0.4) is 0 Å². The van der Waals surface area contributed by atoms with E-state index in [1.165, 1.54) is 23.5 Å². The molecule has 0 aliphatic heterocycles. The highest BCUT2D eigenvalue weighted by atomic mass is 35.5. The molecule has 0 radical (unpaired) electrons. The average molecular weight is 317 g/mol. The molecule has 0 fully saturated rings. The van der Waals surface area contributed by atoms with Crippen molar-refractivity contribution < 1.29 is 4.39 Å². The second-order valence-electron chi connectivity index (χ2n) is 4.33. The van der Waals surface area contributed by atoms with Crippen molar-refractivity contribution in [2.75, 3.05) is 0 Å². The molecule has 0 aliphatic rings. The summed E-state index contributed by atoms with van der Waals surface area (Å²) >= 11 is 7.27. The van der Waals surface area contributed by atoms with Crippen LogP contribution in [-0.4, -0.2) is 11.2 Å². The first-order valence-electron chi connectivity index (χ1n) is 6.22. The maximum atomic E-state index is 12.9. The Morgan fingerprint density at radius 1 is 1.05 bits per heavy atom. The molecule has 0 spiro atoms. The van der Waals surface area contributed by atoms with Crippen LogP contribution < -0.4 is 0 Å². The van der Waals surface area contributed by atoms with Crippen molar-refractivity contribution in [3.63, 3.8) is 0 Å². The predicted octanol–water partition coefficient (Wildman–Crippen LogP) is 5.35. The van der Waals surface area contributed by atoms with Gasteiger partial charge >= 0.3 is 0 Å². The topological polar surface area (TPSA) is 25.2 Å². The molecule has 2 aromatic carbocycles. The van der Waals surface area contributed by atoms with Gasteiger partial charge in [0, 0.05) is 22.2 Å². The van der Waals surface area contributed by atoms with Crippen molar-refractivity contribution >= 4 is 34.3 Å². The van der Waals surface area contributed by atoms with Crippen LogP contribution in [0, 0.1) is 5.82 Å². The van der Waals surface area contributed by atoms with Crippen molar-refractivity contribution in [2.45, 2.75) is 0 Å². The van der Waals surface area contributed by atoms with Gasteiger partial charge in [-0.05, 0) is 42.0 Å². The highest BCUT2D eigenvalue weighted by molar-refractivity contribution is 7.13. The normalized spacial score (nSPS) is 11.1. The number of hydrogen-bond donors (Lipinski definition) is 0. The van der Waals surface area contributed by atoms with Gasteiger partial charge in [-0.15, -0.1) is 11.3 Å². The lowest BCUT2D eigenvalue weighted by Gasteiger charge is -1.95. The summed E-state index contributed by atoms with van der Waals surface area (Å²) in [5.74, 6) is -0.255. The van der Waals surface area contributed by atoms with E-state index in [9.17, 15) is 4.39 Å². The van der Waals surface area contributed by atoms with Gasteiger partial charge in [0.15, 0.2) is 0 Å². The fourth-order valence-electron chi connectivity index (χ4n) is 1.76. The van der Waals surface area contributed by atoms with Crippen LogP contribution in [0.4, 0.5) is 9.52 Å². The van der Waals surface area contributed by atoms with Gasteiger partial charge < -0.3 is 0 Å². The first-order valence-corrected chi connectivity index (χ1v) is 7.47. The monoisotopic (exact) mass is 316 g/mol. The van der Waals surface area contributed by atoms with E-state index in [1.54, 1.807) is 18.3 Å². The first kappa shape index (κ1) is 13.9. The van der Waals surface area contributed by atoms with Crippen LogP contribution in [0.1, 0.15) is 5.56 Å². The number of rotatable bonds is 3. The molecule has 1 heterocycles. The Bertz CT molecular complexity index is 764. The lowest BCUT2D eigenvalue weighted by Crippen LogP contribution is -1.80. The zero-order chi connectivity index (χ0) is 14.7. The predicted molar refractivity (Wildman–Crippen MR) is 86.2 cm³/mol. The van der Waals surface area contributed by atoms with E-state index >= 15 is 0 Å². The van der Waals surface area contributed by atoms with Crippen molar-refractivity contribution in [3.05, 3.63) is 70.3 Å². The summed E-state index contributed by atoms with van der Waals surface area (Å²) in [4.78, 5) is 8.75. The SMILES string of the molecule is Fc1ccc(-c2csc(/N=C/c3ccc(Cl)cc3)n2)cc1. The van der Waals surface area contributed by atoms with E-state index in [1.807, 2.05) is 29.6 Å². The average Bonchev–Trinajstić information content (AvgIpc) is 2.96. The van der Waals surface area contributed by atoms with Gasteiger partial charge in [0.1, 0.15) is 5.82 Å². The van der Waals surface area contributed by atoms with E-state index in [4.69, 9.17) is 11.6 Å². The maximum absolute atomic E-state index is 12.9. The Kier molecular flexibility index (Phi) is 4.08. The fraction of sp³-hybridized carbons (Fsp3) is 0. The van der Waals surface area contributed by atoms with Gasteiger partial charge in [0.2, 0.25) is 5.13 Å². The summed E-state index contributed by atoms with van der Waals surface area (Å²) in [5, 5.41) is 3.26. The Hall–Kier alpha value is -2.04. The zero-order valence-electron chi connectivity index (χ0n) is 10.8. The molecule has 5 heteroatoms. The van der Waals surface area contributed by atoms with Crippen LogP contribution in [0.25, 0.3) is 11.3 Å². The lowest BCUT2D eigenvalue weighted by molar-refractivity contribution is 0.628. The van der Waals surface area contributed by atoms with Gasteiger partial charge in [-0.1, -0.05) is 23.7 Å². The molecule has 0 aliphatic carbocycles. The molecule has 2 nitrogen and oxygen atoms in total. The smallest absolute Gasteiger partial charge is 0.209 e. The highest BCUT2D eigenvalue weighted by Gasteiger charge is 2.03. The summed E-state index contributed by atoms with van der Waals surface area (Å²) < 4.78 is 12.9. The quantitative estimate of drug-likeness (QED) is 0.598. The first-order chi connectivity index (χ1) is 10.2. The number of aromatic nitrogens is 1. The molecule has 1 aromatic heterocycles. The summed E-state index contributed by atoms with van der Waals surface area (Å²) in [6, 6.07) is 13.7. The van der Waals surface area contributed by atoms with Crippen molar-refractivity contribution in [1.82, 2.24) is 4.98 Å². The van der Waals surface area contributed by atoms with Gasteiger partial charge in [0.25, 0.3) is 0 Å². The molecular formula is C16H10ClFN2S. The summed E-state index contributed by atoms with van der Waals surface area (Å²) in [6.07, 6.45) is 1.74. The molecule has 0 bridgehead atoms. The molecule has 21 heavy (non-hydrogen) atoms. The van der Waals surface area contributed by atoms with E-state index in [0.717, 1.165) is 16.8 Å². The molecule has 3 rings (SSSR count). The van der Waals surface area contributed by atoms with E-state index in [2.05, 4.69) is 9.98 Å². The van der Waals surface area contributed by atoms with Crippen molar-refractivity contribution in [3.8, 4) is 11.3 Å². The van der Waals surface area contributed by atoms with Gasteiger partial charge in [0.05, 0.1) is 5.69 Å². The third-order valence-corrected chi connectivity index (χ3v) is 3.83.